The first kappa shape index (κ1) is 20.3. The zero-order valence-corrected chi connectivity index (χ0v) is 16.6. The highest BCUT2D eigenvalue weighted by molar-refractivity contribution is 5.94. The van der Waals surface area contributed by atoms with Crippen LogP contribution in [0.25, 0.3) is 11.0 Å². The Bertz CT molecular complexity index is 1020. The largest absolute Gasteiger partial charge is 0.497 e. The summed E-state index contributed by atoms with van der Waals surface area (Å²) in [7, 11) is 3.03. The molecule has 7 heteroatoms. The average Bonchev–Trinajstić information content (AvgIpc) is 3.14. The highest BCUT2D eigenvalue weighted by Crippen LogP contribution is 2.29. The molecule has 0 aliphatic heterocycles. The number of hydrogen-bond acceptors (Lipinski definition) is 6. The van der Waals surface area contributed by atoms with Crippen LogP contribution in [0.4, 0.5) is 5.69 Å². The number of rotatable bonds is 8. The van der Waals surface area contributed by atoms with E-state index in [1.54, 1.807) is 31.6 Å². The molecule has 2 aromatic carbocycles. The van der Waals surface area contributed by atoms with Gasteiger partial charge < -0.3 is 23.9 Å². The summed E-state index contributed by atoms with van der Waals surface area (Å²) >= 11 is 0. The van der Waals surface area contributed by atoms with Crippen LogP contribution in [0, 0.1) is 0 Å². The van der Waals surface area contributed by atoms with E-state index in [0.717, 1.165) is 28.5 Å². The van der Waals surface area contributed by atoms with Crippen molar-refractivity contribution < 1.29 is 28.2 Å². The Morgan fingerprint density at radius 2 is 1.90 bits per heavy atom. The minimum absolute atomic E-state index is 0.0254. The van der Waals surface area contributed by atoms with Crippen molar-refractivity contribution in [2.45, 2.75) is 19.8 Å². The molecule has 0 aliphatic rings. The average molecular weight is 397 g/mol. The van der Waals surface area contributed by atoms with Crippen LogP contribution in [0.3, 0.4) is 0 Å². The Morgan fingerprint density at radius 3 is 2.62 bits per heavy atom. The minimum atomic E-state index is -0.510. The second-order valence-corrected chi connectivity index (χ2v) is 6.40. The van der Waals surface area contributed by atoms with Crippen LogP contribution >= 0.6 is 0 Å². The van der Waals surface area contributed by atoms with Crippen molar-refractivity contribution in [3.8, 4) is 11.5 Å². The van der Waals surface area contributed by atoms with Gasteiger partial charge in [0.2, 0.25) is 0 Å². The number of esters is 1. The maximum atomic E-state index is 12.2. The van der Waals surface area contributed by atoms with E-state index in [0.29, 0.717) is 17.2 Å². The minimum Gasteiger partial charge on any atom is -0.497 e. The molecule has 0 saturated carbocycles. The predicted octanol–water partition coefficient (Wildman–Crippen LogP) is 3.74. The molecule has 0 spiro atoms. The first-order valence-corrected chi connectivity index (χ1v) is 9.20. The van der Waals surface area contributed by atoms with Crippen LogP contribution in [0.2, 0.25) is 0 Å². The maximum absolute atomic E-state index is 12.2. The molecule has 0 unspecified atom stereocenters. The van der Waals surface area contributed by atoms with Crippen LogP contribution in [-0.4, -0.2) is 32.7 Å². The van der Waals surface area contributed by atoms with Gasteiger partial charge in [-0.1, -0.05) is 19.1 Å². The number of aryl methyl sites for hydroxylation is 1. The summed E-state index contributed by atoms with van der Waals surface area (Å²) in [4.78, 5) is 24.3. The van der Waals surface area contributed by atoms with Gasteiger partial charge in [-0.05, 0) is 30.2 Å². The van der Waals surface area contributed by atoms with Gasteiger partial charge in [-0.3, -0.25) is 9.59 Å². The first-order valence-electron chi connectivity index (χ1n) is 9.20. The normalized spacial score (nSPS) is 10.6. The third-order valence-corrected chi connectivity index (χ3v) is 4.51. The molecular weight excluding hydrogens is 374 g/mol. The molecule has 1 amide bonds. The molecule has 0 saturated heterocycles. The summed E-state index contributed by atoms with van der Waals surface area (Å²) in [6.07, 6.45) is 2.48. The number of benzene rings is 2. The van der Waals surface area contributed by atoms with E-state index in [9.17, 15) is 9.59 Å². The Hall–Kier alpha value is -3.48. The lowest BCUT2D eigenvalue weighted by molar-refractivity contribution is -0.146. The monoisotopic (exact) mass is 397 g/mol. The van der Waals surface area contributed by atoms with Crippen LogP contribution in [0.15, 0.2) is 47.1 Å². The number of carbonyl (C=O) groups is 2. The molecule has 0 fully saturated rings. The summed E-state index contributed by atoms with van der Waals surface area (Å²) in [5.74, 6) is 0.0700. The predicted molar refractivity (Wildman–Crippen MR) is 108 cm³/mol. The molecule has 0 bridgehead atoms. The maximum Gasteiger partial charge on any atom is 0.310 e. The summed E-state index contributed by atoms with van der Waals surface area (Å²) < 4.78 is 21.0. The lowest BCUT2D eigenvalue weighted by Gasteiger charge is -2.11. The van der Waals surface area contributed by atoms with Crippen molar-refractivity contribution in [2.24, 2.45) is 0 Å². The Labute approximate surface area is 168 Å². The lowest BCUT2D eigenvalue weighted by atomic mass is 10.1. The van der Waals surface area contributed by atoms with Crippen LogP contribution in [0.5, 0.6) is 11.5 Å². The molecule has 1 N–H and O–H groups in total. The number of nitrogens with one attached hydrogen (secondary N) is 1. The van der Waals surface area contributed by atoms with Gasteiger partial charge in [-0.2, -0.15) is 0 Å². The van der Waals surface area contributed by atoms with Gasteiger partial charge in [0.05, 0.1) is 32.6 Å². The van der Waals surface area contributed by atoms with Crippen molar-refractivity contribution in [2.75, 3.05) is 26.1 Å². The highest BCUT2D eigenvalue weighted by Gasteiger charge is 2.14. The highest BCUT2D eigenvalue weighted by atomic mass is 16.5. The molecule has 0 atom stereocenters. The Balaban J connectivity index is 1.56. The number of hydrogen-bond donors (Lipinski definition) is 1. The van der Waals surface area contributed by atoms with E-state index >= 15 is 0 Å². The number of amides is 1. The molecule has 3 aromatic rings. The lowest BCUT2D eigenvalue weighted by Crippen LogP contribution is -2.21. The van der Waals surface area contributed by atoms with Crippen molar-refractivity contribution in [3.63, 3.8) is 0 Å². The van der Waals surface area contributed by atoms with Gasteiger partial charge in [-0.25, -0.2) is 0 Å². The van der Waals surface area contributed by atoms with E-state index in [-0.39, 0.29) is 6.42 Å². The number of fused-ring (bicyclic) bond motifs is 1. The zero-order valence-electron chi connectivity index (χ0n) is 16.6. The summed E-state index contributed by atoms with van der Waals surface area (Å²) in [5.41, 5.74) is 3.08. The number of carbonyl (C=O) groups excluding carboxylic acids is 2. The molecule has 1 aromatic heterocycles. The van der Waals surface area contributed by atoms with Crippen LogP contribution < -0.4 is 14.8 Å². The molecule has 0 aliphatic carbocycles. The van der Waals surface area contributed by atoms with Crippen molar-refractivity contribution in [1.82, 2.24) is 0 Å². The van der Waals surface area contributed by atoms with Crippen LogP contribution in [0.1, 0.15) is 18.1 Å². The first-order chi connectivity index (χ1) is 14.0. The van der Waals surface area contributed by atoms with E-state index in [2.05, 4.69) is 12.2 Å². The summed E-state index contributed by atoms with van der Waals surface area (Å²) in [6.45, 7) is 1.67. The van der Waals surface area contributed by atoms with E-state index in [4.69, 9.17) is 18.6 Å². The standard InChI is InChI=1S/C22H23NO6/c1-4-14-5-7-17-15(12-28-19(17)9-14)10-22(25)29-13-21(24)23-18-8-6-16(26-2)11-20(18)27-3/h5-9,11-12H,4,10,13H2,1-3H3,(H,23,24). The van der Waals surface area contributed by atoms with E-state index in [1.807, 2.05) is 18.2 Å². The van der Waals surface area contributed by atoms with Gasteiger partial charge >= 0.3 is 5.97 Å². The number of methoxy groups -OCH3 is 2. The third kappa shape index (κ3) is 4.87. The SMILES string of the molecule is CCc1ccc2c(CC(=O)OCC(=O)Nc3ccc(OC)cc3OC)coc2c1. The van der Waals surface area contributed by atoms with Crippen molar-refractivity contribution >= 4 is 28.5 Å². The summed E-state index contributed by atoms with van der Waals surface area (Å²) in [5, 5.41) is 3.52. The van der Waals surface area contributed by atoms with Gasteiger partial charge in [0, 0.05) is 17.0 Å². The topological polar surface area (TPSA) is 87.0 Å². The van der Waals surface area contributed by atoms with Gasteiger partial charge in [0.15, 0.2) is 6.61 Å². The van der Waals surface area contributed by atoms with Gasteiger partial charge in [0.25, 0.3) is 5.91 Å². The fourth-order valence-electron chi connectivity index (χ4n) is 2.93. The molecular formula is C22H23NO6. The smallest absolute Gasteiger partial charge is 0.310 e. The number of anilines is 1. The van der Waals surface area contributed by atoms with Gasteiger partial charge in [0.1, 0.15) is 17.1 Å². The molecule has 1 heterocycles. The van der Waals surface area contributed by atoms with E-state index < -0.39 is 18.5 Å². The number of ether oxygens (including phenoxy) is 3. The fraction of sp³-hybridized carbons (Fsp3) is 0.273. The van der Waals surface area contributed by atoms with Crippen molar-refractivity contribution in [1.29, 1.82) is 0 Å². The molecule has 0 radical (unpaired) electrons. The molecule has 152 valence electrons. The molecule has 7 nitrogen and oxygen atoms in total. The second-order valence-electron chi connectivity index (χ2n) is 6.40. The zero-order chi connectivity index (χ0) is 20.8. The molecule has 3 rings (SSSR count). The summed E-state index contributed by atoms with van der Waals surface area (Å²) in [6, 6.07) is 10.9. The fourth-order valence-corrected chi connectivity index (χ4v) is 2.93. The Kier molecular flexibility index (Phi) is 6.39. The van der Waals surface area contributed by atoms with Crippen LogP contribution in [-0.2, 0) is 27.2 Å². The van der Waals surface area contributed by atoms with Crippen molar-refractivity contribution in [3.05, 3.63) is 53.8 Å². The third-order valence-electron chi connectivity index (χ3n) is 4.51. The second kappa shape index (κ2) is 9.14. The Morgan fingerprint density at radius 1 is 1.07 bits per heavy atom. The number of furan rings is 1. The van der Waals surface area contributed by atoms with Gasteiger partial charge in [-0.15, -0.1) is 0 Å². The quantitative estimate of drug-likeness (QED) is 0.583. The molecule has 29 heavy (non-hydrogen) atoms. The van der Waals surface area contributed by atoms with E-state index in [1.165, 1.54) is 7.11 Å².